The molecule has 0 heterocycles. The quantitative estimate of drug-likeness (QED) is 0.904. The molecule has 0 saturated heterocycles. The highest BCUT2D eigenvalue weighted by Gasteiger charge is 2.30. The number of hydrogen-bond donors (Lipinski definition) is 1. The lowest BCUT2D eigenvalue weighted by atomic mass is 10.2. The largest absolute Gasteiger partial charge is 0.493 e. The van der Waals surface area contributed by atoms with Gasteiger partial charge in [-0.3, -0.25) is 0 Å². The molecule has 0 spiro atoms. The second-order valence-electron chi connectivity index (χ2n) is 4.01. The SMILES string of the molecule is COc1cc(Br)ccc1OCC(O)C1CC1. The van der Waals surface area contributed by atoms with Crippen molar-refractivity contribution < 1.29 is 14.6 Å². The van der Waals surface area contributed by atoms with Gasteiger partial charge in [-0.15, -0.1) is 0 Å². The molecule has 1 aromatic rings. The van der Waals surface area contributed by atoms with Crippen molar-refractivity contribution in [1.82, 2.24) is 0 Å². The summed E-state index contributed by atoms with van der Waals surface area (Å²) >= 11 is 3.37. The van der Waals surface area contributed by atoms with Crippen LogP contribution < -0.4 is 9.47 Å². The van der Waals surface area contributed by atoms with Crippen molar-refractivity contribution in [3.8, 4) is 11.5 Å². The molecule has 1 unspecified atom stereocenters. The second-order valence-corrected chi connectivity index (χ2v) is 4.93. The Kier molecular flexibility index (Phi) is 3.71. The number of methoxy groups -OCH3 is 1. The number of hydrogen-bond acceptors (Lipinski definition) is 3. The molecule has 3 nitrogen and oxygen atoms in total. The van der Waals surface area contributed by atoms with Crippen LogP contribution >= 0.6 is 15.9 Å². The van der Waals surface area contributed by atoms with Gasteiger partial charge in [-0.05, 0) is 37.0 Å². The number of benzene rings is 1. The first kappa shape index (κ1) is 11.7. The third-order valence-corrected chi connectivity index (χ3v) is 3.19. The fraction of sp³-hybridized carbons (Fsp3) is 0.500. The van der Waals surface area contributed by atoms with Crippen LogP contribution in [-0.2, 0) is 0 Å². The Morgan fingerprint density at radius 1 is 1.44 bits per heavy atom. The Balaban J connectivity index is 1.97. The van der Waals surface area contributed by atoms with Crippen molar-refractivity contribution in [3.05, 3.63) is 22.7 Å². The van der Waals surface area contributed by atoms with Crippen molar-refractivity contribution in [2.24, 2.45) is 5.92 Å². The number of aliphatic hydroxyl groups excluding tert-OH is 1. The standard InChI is InChI=1S/C12H15BrO3/c1-15-12-6-9(13)4-5-11(12)16-7-10(14)8-2-3-8/h4-6,8,10,14H,2-3,7H2,1H3. The molecule has 0 aliphatic heterocycles. The van der Waals surface area contributed by atoms with Crippen molar-refractivity contribution in [1.29, 1.82) is 0 Å². The molecule has 88 valence electrons. The van der Waals surface area contributed by atoms with E-state index in [2.05, 4.69) is 15.9 Å². The topological polar surface area (TPSA) is 38.7 Å². The van der Waals surface area contributed by atoms with E-state index < -0.39 is 0 Å². The van der Waals surface area contributed by atoms with E-state index in [1.807, 2.05) is 18.2 Å². The Morgan fingerprint density at radius 2 is 2.19 bits per heavy atom. The minimum absolute atomic E-state index is 0.336. The highest BCUT2D eigenvalue weighted by atomic mass is 79.9. The van der Waals surface area contributed by atoms with Gasteiger partial charge in [0.15, 0.2) is 11.5 Å². The van der Waals surface area contributed by atoms with Gasteiger partial charge >= 0.3 is 0 Å². The van der Waals surface area contributed by atoms with Crippen LogP contribution in [0.4, 0.5) is 0 Å². The molecule has 2 rings (SSSR count). The first-order valence-corrected chi connectivity index (χ1v) is 6.14. The van der Waals surface area contributed by atoms with Gasteiger partial charge in [0.05, 0.1) is 13.2 Å². The van der Waals surface area contributed by atoms with Crippen LogP contribution in [0.15, 0.2) is 22.7 Å². The Morgan fingerprint density at radius 3 is 2.81 bits per heavy atom. The van der Waals surface area contributed by atoms with E-state index in [1.165, 1.54) is 0 Å². The fourth-order valence-electron chi connectivity index (χ4n) is 1.55. The smallest absolute Gasteiger partial charge is 0.161 e. The third kappa shape index (κ3) is 2.89. The number of aliphatic hydroxyl groups is 1. The summed E-state index contributed by atoms with van der Waals surface area (Å²) in [7, 11) is 1.60. The first-order chi connectivity index (χ1) is 7.70. The Bertz CT molecular complexity index is 363. The third-order valence-electron chi connectivity index (χ3n) is 2.70. The predicted molar refractivity (Wildman–Crippen MR) is 64.9 cm³/mol. The van der Waals surface area contributed by atoms with Gasteiger partial charge in [0.2, 0.25) is 0 Å². The van der Waals surface area contributed by atoms with E-state index in [0.717, 1.165) is 17.3 Å². The van der Waals surface area contributed by atoms with Crippen molar-refractivity contribution in [2.75, 3.05) is 13.7 Å². The lowest BCUT2D eigenvalue weighted by Gasteiger charge is -2.14. The summed E-state index contributed by atoms with van der Waals surface area (Å²) in [6.07, 6.45) is 1.87. The molecule has 1 aliphatic rings. The fourth-order valence-corrected chi connectivity index (χ4v) is 1.89. The van der Waals surface area contributed by atoms with Crippen LogP contribution in [0.25, 0.3) is 0 Å². The minimum atomic E-state index is -0.353. The number of ether oxygens (including phenoxy) is 2. The zero-order chi connectivity index (χ0) is 11.5. The van der Waals surface area contributed by atoms with Crippen LogP contribution in [-0.4, -0.2) is 24.9 Å². The maximum absolute atomic E-state index is 9.69. The molecule has 4 heteroatoms. The molecule has 1 aliphatic carbocycles. The maximum atomic E-state index is 9.69. The molecule has 1 N–H and O–H groups in total. The molecular formula is C12H15BrO3. The lowest BCUT2D eigenvalue weighted by Crippen LogP contribution is -2.19. The van der Waals surface area contributed by atoms with Crippen LogP contribution in [0, 0.1) is 5.92 Å². The molecule has 0 radical (unpaired) electrons. The van der Waals surface area contributed by atoms with Gasteiger partial charge in [-0.25, -0.2) is 0 Å². The molecule has 16 heavy (non-hydrogen) atoms. The normalized spacial score (nSPS) is 16.9. The van der Waals surface area contributed by atoms with Gasteiger partial charge in [0, 0.05) is 4.47 Å². The average Bonchev–Trinajstić information content (AvgIpc) is 3.10. The van der Waals surface area contributed by atoms with Crippen LogP contribution in [0.1, 0.15) is 12.8 Å². The van der Waals surface area contributed by atoms with Crippen LogP contribution in [0.5, 0.6) is 11.5 Å². The predicted octanol–water partition coefficient (Wildman–Crippen LogP) is 2.61. The van der Waals surface area contributed by atoms with Gasteiger partial charge in [0.25, 0.3) is 0 Å². The molecule has 0 amide bonds. The molecular weight excluding hydrogens is 272 g/mol. The maximum Gasteiger partial charge on any atom is 0.161 e. The summed E-state index contributed by atoms with van der Waals surface area (Å²) in [5, 5.41) is 9.69. The highest BCUT2D eigenvalue weighted by molar-refractivity contribution is 9.10. The second kappa shape index (κ2) is 5.06. The van der Waals surface area contributed by atoms with Gasteiger partial charge in [0.1, 0.15) is 6.61 Å². The van der Waals surface area contributed by atoms with Gasteiger partial charge in [-0.2, -0.15) is 0 Å². The van der Waals surface area contributed by atoms with Crippen molar-refractivity contribution in [3.63, 3.8) is 0 Å². The number of halogens is 1. The first-order valence-electron chi connectivity index (χ1n) is 5.35. The summed E-state index contributed by atoms with van der Waals surface area (Å²) in [4.78, 5) is 0. The van der Waals surface area contributed by atoms with E-state index in [1.54, 1.807) is 7.11 Å². The summed E-state index contributed by atoms with van der Waals surface area (Å²) in [5.41, 5.74) is 0. The van der Waals surface area contributed by atoms with E-state index in [9.17, 15) is 5.11 Å². The summed E-state index contributed by atoms with van der Waals surface area (Å²) in [6, 6.07) is 5.57. The molecule has 0 aromatic heterocycles. The monoisotopic (exact) mass is 286 g/mol. The molecule has 0 bridgehead atoms. The van der Waals surface area contributed by atoms with Gasteiger partial charge in [-0.1, -0.05) is 15.9 Å². The zero-order valence-corrected chi connectivity index (χ0v) is 10.7. The van der Waals surface area contributed by atoms with Crippen molar-refractivity contribution >= 4 is 15.9 Å². The molecule has 1 saturated carbocycles. The van der Waals surface area contributed by atoms with E-state index >= 15 is 0 Å². The molecule has 1 atom stereocenters. The Hall–Kier alpha value is -0.740. The Labute approximate surface area is 104 Å². The zero-order valence-electron chi connectivity index (χ0n) is 9.15. The highest BCUT2D eigenvalue weighted by Crippen LogP contribution is 2.34. The van der Waals surface area contributed by atoms with Gasteiger partial charge < -0.3 is 14.6 Å². The number of rotatable bonds is 5. The van der Waals surface area contributed by atoms with E-state index in [4.69, 9.17) is 9.47 Å². The minimum Gasteiger partial charge on any atom is -0.493 e. The van der Waals surface area contributed by atoms with Crippen LogP contribution in [0.2, 0.25) is 0 Å². The summed E-state index contributed by atoms with van der Waals surface area (Å²) < 4.78 is 11.7. The van der Waals surface area contributed by atoms with Crippen LogP contribution in [0.3, 0.4) is 0 Å². The molecule has 1 aromatic carbocycles. The van der Waals surface area contributed by atoms with E-state index in [0.29, 0.717) is 24.0 Å². The summed E-state index contributed by atoms with van der Waals surface area (Å²) in [5.74, 6) is 1.78. The van der Waals surface area contributed by atoms with E-state index in [-0.39, 0.29) is 6.10 Å². The lowest BCUT2D eigenvalue weighted by molar-refractivity contribution is 0.0879. The average molecular weight is 287 g/mol. The van der Waals surface area contributed by atoms with Crippen molar-refractivity contribution in [2.45, 2.75) is 18.9 Å². The molecule has 1 fully saturated rings. The summed E-state index contributed by atoms with van der Waals surface area (Å²) in [6.45, 7) is 0.336.